The van der Waals surface area contributed by atoms with Gasteiger partial charge in [-0.05, 0) is 19.8 Å². The minimum atomic E-state index is -1.13. The molecule has 20 heavy (non-hydrogen) atoms. The molecule has 0 aromatic rings. The summed E-state index contributed by atoms with van der Waals surface area (Å²) < 4.78 is 12.0. The van der Waals surface area contributed by atoms with E-state index in [2.05, 4.69) is 5.32 Å². The maximum atomic E-state index is 11.3. The van der Waals surface area contributed by atoms with Crippen molar-refractivity contribution in [3.8, 4) is 0 Å². The second-order valence-corrected chi connectivity index (χ2v) is 6.49. The minimum Gasteiger partial charge on any atom is -0.388 e. The number of nitrogens with one attached hydrogen (secondary N) is 1. The highest BCUT2D eigenvalue weighted by Gasteiger charge is 2.65. The van der Waals surface area contributed by atoms with Crippen LogP contribution < -0.4 is 5.32 Å². The van der Waals surface area contributed by atoms with Gasteiger partial charge in [0.1, 0.15) is 24.4 Å². The van der Waals surface area contributed by atoms with Gasteiger partial charge in [-0.2, -0.15) is 0 Å². The molecule has 3 rings (SSSR count). The lowest BCUT2D eigenvalue weighted by molar-refractivity contribution is -0.221. The molecule has 0 radical (unpaired) electrons. The molecule has 0 bridgehead atoms. The first-order valence-corrected chi connectivity index (χ1v) is 7.38. The van der Waals surface area contributed by atoms with Gasteiger partial charge in [-0.3, -0.25) is 4.79 Å². The Morgan fingerprint density at radius 2 is 1.60 bits per heavy atom. The predicted octanol–water partition coefficient (Wildman–Crippen LogP) is 0.0610. The van der Waals surface area contributed by atoms with Gasteiger partial charge in [-0.1, -0.05) is 6.42 Å². The first-order chi connectivity index (χ1) is 9.38. The summed E-state index contributed by atoms with van der Waals surface area (Å²) in [5.74, 6) is -0.939. The molecule has 6 nitrogen and oxygen atoms in total. The molecule has 5 atom stereocenters. The Kier molecular flexibility index (Phi) is 3.32. The molecule has 6 heteroatoms. The van der Waals surface area contributed by atoms with Gasteiger partial charge < -0.3 is 25.0 Å². The number of carbonyl (C=O) groups excluding carboxylic acids is 1. The second-order valence-electron chi connectivity index (χ2n) is 6.49. The van der Waals surface area contributed by atoms with Crippen molar-refractivity contribution in [2.24, 2.45) is 0 Å². The number of amides is 1. The van der Waals surface area contributed by atoms with Crippen LogP contribution in [-0.2, 0) is 14.3 Å². The number of aliphatic hydroxyl groups excluding tert-OH is 2. The van der Waals surface area contributed by atoms with Gasteiger partial charge in [-0.25, -0.2) is 0 Å². The molecule has 3 aliphatic rings. The van der Waals surface area contributed by atoms with Crippen LogP contribution in [0.4, 0.5) is 0 Å². The average molecular weight is 285 g/mol. The van der Waals surface area contributed by atoms with Crippen LogP contribution in [0, 0.1) is 0 Å². The zero-order valence-electron chi connectivity index (χ0n) is 12.0. The van der Waals surface area contributed by atoms with Crippen molar-refractivity contribution in [2.75, 3.05) is 0 Å². The second kappa shape index (κ2) is 4.66. The van der Waals surface area contributed by atoms with Gasteiger partial charge in [0.25, 0.3) is 0 Å². The van der Waals surface area contributed by atoms with E-state index < -0.39 is 35.7 Å². The van der Waals surface area contributed by atoms with E-state index in [9.17, 15) is 15.0 Å². The fourth-order valence-electron chi connectivity index (χ4n) is 3.86. The summed E-state index contributed by atoms with van der Waals surface area (Å²) in [5.41, 5.74) is -1.13. The topological polar surface area (TPSA) is 88.0 Å². The number of hydrogen-bond donors (Lipinski definition) is 3. The molecule has 3 N–H and O–H groups in total. The highest BCUT2D eigenvalue weighted by Crippen LogP contribution is 2.48. The smallest absolute Gasteiger partial charge is 0.217 e. The van der Waals surface area contributed by atoms with E-state index in [-0.39, 0.29) is 5.91 Å². The van der Waals surface area contributed by atoms with E-state index in [0.29, 0.717) is 0 Å². The highest BCUT2D eigenvalue weighted by atomic mass is 16.8. The molecule has 2 aliphatic carbocycles. The highest BCUT2D eigenvalue weighted by molar-refractivity contribution is 5.74. The van der Waals surface area contributed by atoms with Crippen molar-refractivity contribution < 1.29 is 24.5 Å². The third-order valence-corrected chi connectivity index (χ3v) is 4.94. The first-order valence-electron chi connectivity index (χ1n) is 7.38. The van der Waals surface area contributed by atoms with Crippen LogP contribution in [0.15, 0.2) is 0 Å². The molecule has 0 aromatic carbocycles. The Hall–Kier alpha value is -0.690. The number of rotatable bonds is 1. The lowest BCUT2D eigenvalue weighted by Gasteiger charge is -2.38. The molecular formula is C14H23NO5. The fraction of sp³-hybridized carbons (Fsp3) is 0.929. The number of hydrogen-bond acceptors (Lipinski definition) is 5. The quantitative estimate of drug-likeness (QED) is 0.634. The molecule has 1 amide bonds. The van der Waals surface area contributed by atoms with Crippen LogP contribution in [0.1, 0.15) is 46.0 Å². The van der Waals surface area contributed by atoms with E-state index in [1.54, 1.807) is 6.92 Å². The van der Waals surface area contributed by atoms with E-state index in [4.69, 9.17) is 9.47 Å². The summed E-state index contributed by atoms with van der Waals surface area (Å²) in [6.45, 7) is 2.99. The van der Waals surface area contributed by atoms with Crippen LogP contribution in [0.3, 0.4) is 0 Å². The van der Waals surface area contributed by atoms with Gasteiger partial charge >= 0.3 is 0 Å². The zero-order chi connectivity index (χ0) is 14.5. The van der Waals surface area contributed by atoms with Crippen LogP contribution in [0.25, 0.3) is 0 Å². The standard InChI is InChI=1S/C14H23NO5/c1-8(16)15-13(2)11(17)9-10(12(13)18)20-14(19-9)6-4-3-5-7-14/h9-12,17-18H,3-7H2,1-2H3,(H,15,16)/t9-,10+,11-,12+,13?. The zero-order valence-corrected chi connectivity index (χ0v) is 12.0. The van der Waals surface area contributed by atoms with Crippen molar-refractivity contribution in [1.82, 2.24) is 5.32 Å². The molecule has 1 spiro atoms. The van der Waals surface area contributed by atoms with Gasteiger partial charge in [0.2, 0.25) is 5.91 Å². The van der Waals surface area contributed by atoms with Crippen molar-refractivity contribution >= 4 is 5.91 Å². The van der Waals surface area contributed by atoms with Crippen molar-refractivity contribution in [3.63, 3.8) is 0 Å². The van der Waals surface area contributed by atoms with Gasteiger partial charge in [-0.15, -0.1) is 0 Å². The molecule has 114 valence electrons. The largest absolute Gasteiger partial charge is 0.388 e. The predicted molar refractivity (Wildman–Crippen MR) is 69.8 cm³/mol. The van der Waals surface area contributed by atoms with E-state index in [0.717, 1.165) is 25.7 Å². The molecule has 1 heterocycles. The monoisotopic (exact) mass is 285 g/mol. The number of aliphatic hydroxyl groups is 2. The number of ether oxygens (including phenoxy) is 2. The van der Waals surface area contributed by atoms with Crippen molar-refractivity contribution in [2.45, 2.75) is 81.7 Å². The average Bonchev–Trinajstić information content (AvgIpc) is 2.82. The molecule has 3 fully saturated rings. The third-order valence-electron chi connectivity index (χ3n) is 4.94. The maximum Gasteiger partial charge on any atom is 0.217 e. The molecule has 0 aromatic heterocycles. The summed E-state index contributed by atoms with van der Waals surface area (Å²) in [6.07, 6.45) is 1.72. The lowest BCUT2D eigenvalue weighted by atomic mass is 9.92. The van der Waals surface area contributed by atoms with Crippen molar-refractivity contribution in [1.29, 1.82) is 0 Å². The summed E-state index contributed by atoms with van der Waals surface area (Å²) in [6, 6.07) is 0. The number of carbonyl (C=O) groups is 1. The van der Waals surface area contributed by atoms with Crippen LogP contribution in [0.2, 0.25) is 0 Å². The Morgan fingerprint density at radius 3 is 2.05 bits per heavy atom. The summed E-state index contributed by atoms with van der Waals surface area (Å²) in [4.78, 5) is 11.3. The van der Waals surface area contributed by atoms with Gasteiger partial charge in [0, 0.05) is 19.8 Å². The molecule has 1 unspecified atom stereocenters. The van der Waals surface area contributed by atoms with Crippen LogP contribution in [-0.4, -0.2) is 51.9 Å². The fourth-order valence-corrected chi connectivity index (χ4v) is 3.86. The third kappa shape index (κ3) is 1.97. The normalized spacial score (nSPS) is 46.4. The number of fused-ring (bicyclic) bond motifs is 1. The van der Waals surface area contributed by atoms with Gasteiger partial charge in [0.15, 0.2) is 5.79 Å². The lowest BCUT2D eigenvalue weighted by Crippen LogP contribution is -2.60. The van der Waals surface area contributed by atoms with Gasteiger partial charge in [0.05, 0.1) is 5.54 Å². The Balaban J connectivity index is 1.80. The molecule has 1 aliphatic heterocycles. The van der Waals surface area contributed by atoms with E-state index in [1.165, 1.54) is 13.3 Å². The summed E-state index contributed by atoms with van der Waals surface area (Å²) >= 11 is 0. The van der Waals surface area contributed by atoms with Crippen LogP contribution >= 0.6 is 0 Å². The molecule has 1 saturated heterocycles. The Morgan fingerprint density at radius 1 is 1.10 bits per heavy atom. The SMILES string of the molecule is CC(=O)NC1(C)[C@H](O)[C@@H]2OC3(CCCCC3)O[C@@H]2[C@@H]1O. The van der Waals surface area contributed by atoms with Crippen molar-refractivity contribution in [3.05, 3.63) is 0 Å². The maximum absolute atomic E-state index is 11.3. The van der Waals surface area contributed by atoms with E-state index >= 15 is 0 Å². The van der Waals surface area contributed by atoms with E-state index in [1.807, 2.05) is 0 Å². The molecular weight excluding hydrogens is 262 g/mol. The minimum absolute atomic E-state index is 0.294. The van der Waals surface area contributed by atoms with Crippen LogP contribution in [0.5, 0.6) is 0 Å². The first kappa shape index (κ1) is 14.3. The Bertz CT molecular complexity index is 386. The summed E-state index contributed by atoms with van der Waals surface area (Å²) in [5, 5.41) is 23.6. The summed E-state index contributed by atoms with van der Waals surface area (Å²) in [7, 11) is 0. The molecule has 2 saturated carbocycles. The Labute approximate surface area is 118 Å².